The molecule has 0 aliphatic heterocycles. The summed E-state index contributed by atoms with van der Waals surface area (Å²) in [6.45, 7) is 2.89. The Bertz CT molecular complexity index is 552. The largest absolute Gasteiger partial charge is 0.399 e. The molecule has 18 heavy (non-hydrogen) atoms. The second kappa shape index (κ2) is 5.32. The second-order valence-corrected chi connectivity index (χ2v) is 4.97. The number of nitrogens with two attached hydrogens (primary N) is 1. The van der Waals surface area contributed by atoms with Gasteiger partial charge in [0.2, 0.25) is 0 Å². The molecule has 2 nitrogen and oxygen atoms in total. The van der Waals surface area contributed by atoms with Gasteiger partial charge in [0.05, 0.1) is 0 Å². The first kappa shape index (κ1) is 12.8. The van der Waals surface area contributed by atoms with E-state index in [1.807, 2.05) is 36.4 Å². The Kier molecular flexibility index (Phi) is 3.78. The topological polar surface area (TPSA) is 29.3 Å². The van der Waals surface area contributed by atoms with Crippen LogP contribution in [0.1, 0.15) is 11.1 Å². The molecule has 2 N–H and O–H groups in total. The molecule has 0 aliphatic rings. The van der Waals surface area contributed by atoms with Crippen LogP contribution in [0.15, 0.2) is 42.5 Å². The van der Waals surface area contributed by atoms with Gasteiger partial charge in [0.25, 0.3) is 0 Å². The molecule has 0 bridgehead atoms. The van der Waals surface area contributed by atoms with E-state index in [-0.39, 0.29) is 0 Å². The molecule has 0 amide bonds. The maximum atomic E-state index is 5.97. The van der Waals surface area contributed by atoms with E-state index < -0.39 is 0 Å². The van der Waals surface area contributed by atoms with Crippen LogP contribution in [-0.4, -0.2) is 7.05 Å². The SMILES string of the molecule is Cc1cc(Cl)ccc1N(C)Cc1cccc(N)c1. The van der Waals surface area contributed by atoms with Crippen molar-refractivity contribution in [2.45, 2.75) is 13.5 Å². The summed E-state index contributed by atoms with van der Waals surface area (Å²) in [6, 6.07) is 13.9. The van der Waals surface area contributed by atoms with E-state index in [1.54, 1.807) is 0 Å². The van der Waals surface area contributed by atoms with Crippen LogP contribution >= 0.6 is 11.6 Å². The molecule has 0 atom stereocenters. The average Bonchev–Trinajstić information content (AvgIpc) is 2.28. The van der Waals surface area contributed by atoms with E-state index in [0.717, 1.165) is 17.3 Å². The fourth-order valence-electron chi connectivity index (χ4n) is 2.10. The molecule has 0 saturated heterocycles. The molecule has 0 unspecified atom stereocenters. The van der Waals surface area contributed by atoms with Gasteiger partial charge in [0.15, 0.2) is 0 Å². The van der Waals surface area contributed by atoms with Crippen LogP contribution in [-0.2, 0) is 6.54 Å². The molecule has 2 aromatic rings. The number of hydrogen-bond acceptors (Lipinski definition) is 2. The Hall–Kier alpha value is -1.67. The monoisotopic (exact) mass is 260 g/mol. The summed E-state index contributed by atoms with van der Waals surface area (Å²) in [6.07, 6.45) is 0. The molecule has 0 saturated carbocycles. The van der Waals surface area contributed by atoms with Gasteiger partial charge in [-0.3, -0.25) is 0 Å². The van der Waals surface area contributed by atoms with Crippen molar-refractivity contribution < 1.29 is 0 Å². The van der Waals surface area contributed by atoms with Crippen molar-refractivity contribution in [3.05, 3.63) is 58.6 Å². The minimum absolute atomic E-state index is 0.772. The highest BCUT2D eigenvalue weighted by molar-refractivity contribution is 6.30. The lowest BCUT2D eigenvalue weighted by molar-refractivity contribution is 0.918. The zero-order chi connectivity index (χ0) is 13.1. The van der Waals surface area contributed by atoms with Crippen LogP contribution in [0.2, 0.25) is 5.02 Å². The van der Waals surface area contributed by atoms with E-state index >= 15 is 0 Å². The summed E-state index contributed by atoms with van der Waals surface area (Å²) in [5.74, 6) is 0. The summed E-state index contributed by atoms with van der Waals surface area (Å²) in [4.78, 5) is 2.19. The van der Waals surface area contributed by atoms with Gasteiger partial charge in [0.1, 0.15) is 0 Å². The van der Waals surface area contributed by atoms with Gasteiger partial charge in [-0.05, 0) is 48.4 Å². The molecule has 0 fully saturated rings. The molecule has 0 aromatic heterocycles. The maximum Gasteiger partial charge on any atom is 0.0427 e. The minimum Gasteiger partial charge on any atom is -0.399 e. The van der Waals surface area contributed by atoms with Gasteiger partial charge in [-0.2, -0.15) is 0 Å². The van der Waals surface area contributed by atoms with Crippen molar-refractivity contribution in [1.29, 1.82) is 0 Å². The standard InChI is InChI=1S/C15H17ClN2/c1-11-8-13(16)6-7-15(11)18(2)10-12-4-3-5-14(17)9-12/h3-9H,10,17H2,1-2H3. The van der Waals surface area contributed by atoms with Crippen LogP contribution in [0.5, 0.6) is 0 Å². The van der Waals surface area contributed by atoms with Crippen molar-refractivity contribution in [2.24, 2.45) is 0 Å². The Morgan fingerprint density at radius 3 is 2.61 bits per heavy atom. The summed E-state index contributed by atoms with van der Waals surface area (Å²) < 4.78 is 0. The maximum absolute atomic E-state index is 5.97. The third-order valence-corrected chi connectivity index (χ3v) is 3.18. The van der Waals surface area contributed by atoms with Crippen molar-refractivity contribution in [2.75, 3.05) is 17.7 Å². The minimum atomic E-state index is 0.772. The van der Waals surface area contributed by atoms with Crippen LogP contribution < -0.4 is 10.6 Å². The van der Waals surface area contributed by atoms with Crippen LogP contribution in [0.3, 0.4) is 0 Å². The number of rotatable bonds is 3. The van der Waals surface area contributed by atoms with E-state index in [1.165, 1.54) is 16.8 Å². The average molecular weight is 261 g/mol. The van der Waals surface area contributed by atoms with Gasteiger partial charge in [0, 0.05) is 30.0 Å². The smallest absolute Gasteiger partial charge is 0.0427 e. The summed E-state index contributed by atoms with van der Waals surface area (Å²) >= 11 is 5.97. The number of nitrogen functional groups attached to an aromatic ring is 1. The van der Waals surface area contributed by atoms with E-state index in [9.17, 15) is 0 Å². The predicted molar refractivity (Wildman–Crippen MR) is 79.2 cm³/mol. The van der Waals surface area contributed by atoms with Gasteiger partial charge < -0.3 is 10.6 Å². The first-order valence-electron chi connectivity index (χ1n) is 5.88. The first-order chi connectivity index (χ1) is 8.56. The lowest BCUT2D eigenvalue weighted by atomic mass is 10.1. The van der Waals surface area contributed by atoms with Crippen LogP contribution in [0.4, 0.5) is 11.4 Å². The van der Waals surface area contributed by atoms with Gasteiger partial charge >= 0.3 is 0 Å². The Morgan fingerprint density at radius 1 is 1.17 bits per heavy atom. The molecule has 0 spiro atoms. The summed E-state index contributed by atoms with van der Waals surface area (Å²) in [5, 5.41) is 0.772. The first-order valence-corrected chi connectivity index (χ1v) is 6.26. The third kappa shape index (κ3) is 2.96. The molecule has 2 aromatic carbocycles. The molecule has 2 rings (SSSR count). The fourth-order valence-corrected chi connectivity index (χ4v) is 2.32. The zero-order valence-electron chi connectivity index (χ0n) is 10.7. The highest BCUT2D eigenvalue weighted by atomic mass is 35.5. The molecule has 0 aliphatic carbocycles. The molecule has 0 radical (unpaired) electrons. The van der Waals surface area contributed by atoms with Crippen molar-refractivity contribution in [1.82, 2.24) is 0 Å². The number of aryl methyl sites for hydroxylation is 1. The quantitative estimate of drug-likeness (QED) is 0.849. The van der Waals surface area contributed by atoms with Gasteiger partial charge in [-0.1, -0.05) is 23.7 Å². The lowest BCUT2D eigenvalue weighted by Gasteiger charge is -2.21. The predicted octanol–water partition coefficient (Wildman–Crippen LogP) is 3.87. The third-order valence-electron chi connectivity index (χ3n) is 2.94. The Balaban J connectivity index is 2.19. The molecule has 0 heterocycles. The number of benzene rings is 2. The number of nitrogens with zero attached hydrogens (tertiary/aromatic N) is 1. The molecular weight excluding hydrogens is 244 g/mol. The van der Waals surface area contributed by atoms with Crippen molar-refractivity contribution >= 4 is 23.0 Å². The molecule has 3 heteroatoms. The van der Waals surface area contributed by atoms with Crippen LogP contribution in [0.25, 0.3) is 0 Å². The van der Waals surface area contributed by atoms with Crippen molar-refractivity contribution in [3.63, 3.8) is 0 Å². The number of hydrogen-bond donors (Lipinski definition) is 1. The van der Waals surface area contributed by atoms with Crippen LogP contribution in [0, 0.1) is 6.92 Å². The fraction of sp³-hybridized carbons (Fsp3) is 0.200. The Morgan fingerprint density at radius 2 is 1.94 bits per heavy atom. The molecule has 94 valence electrons. The summed E-state index contributed by atoms with van der Waals surface area (Å²) in [5.41, 5.74) is 10.1. The van der Waals surface area contributed by atoms with Crippen molar-refractivity contribution in [3.8, 4) is 0 Å². The van der Waals surface area contributed by atoms with Gasteiger partial charge in [-0.25, -0.2) is 0 Å². The second-order valence-electron chi connectivity index (χ2n) is 4.53. The lowest BCUT2D eigenvalue weighted by Crippen LogP contribution is -2.17. The van der Waals surface area contributed by atoms with E-state index in [4.69, 9.17) is 17.3 Å². The molecular formula is C15H17ClN2. The summed E-state index contributed by atoms with van der Waals surface area (Å²) in [7, 11) is 2.07. The highest BCUT2D eigenvalue weighted by Crippen LogP contribution is 2.24. The Labute approximate surface area is 113 Å². The highest BCUT2D eigenvalue weighted by Gasteiger charge is 2.06. The van der Waals surface area contributed by atoms with E-state index in [2.05, 4.69) is 24.9 Å². The van der Waals surface area contributed by atoms with Gasteiger partial charge in [-0.15, -0.1) is 0 Å². The zero-order valence-corrected chi connectivity index (χ0v) is 11.4. The number of anilines is 2. The van der Waals surface area contributed by atoms with E-state index in [0.29, 0.717) is 0 Å². The number of halogens is 1. The normalized spacial score (nSPS) is 10.4.